The average molecular weight is 342 g/mol. The van der Waals surface area contributed by atoms with Gasteiger partial charge in [0.2, 0.25) is 5.76 Å². The Morgan fingerprint density at radius 2 is 1.84 bits per heavy atom. The minimum atomic E-state index is -0.441. The number of halogens is 1. The van der Waals surface area contributed by atoms with Crippen molar-refractivity contribution < 1.29 is 23.2 Å². The molecular formula is C20H21FNO3+. The smallest absolute Gasteiger partial charge is 0.374 e. The van der Waals surface area contributed by atoms with Crippen LogP contribution in [0.3, 0.4) is 0 Å². The molecule has 2 aromatic carbocycles. The van der Waals surface area contributed by atoms with Gasteiger partial charge in [0.05, 0.1) is 19.2 Å². The first-order valence-corrected chi connectivity index (χ1v) is 8.31. The van der Waals surface area contributed by atoms with Crippen molar-refractivity contribution in [3.8, 4) is 0 Å². The Bertz CT molecular complexity index is 870. The number of carbonyl (C=O) groups is 1. The van der Waals surface area contributed by atoms with Crippen LogP contribution in [0, 0.1) is 5.82 Å². The molecule has 0 aliphatic heterocycles. The average Bonchev–Trinajstić information content (AvgIpc) is 2.96. The highest BCUT2D eigenvalue weighted by molar-refractivity contribution is 5.96. The zero-order chi connectivity index (χ0) is 17.8. The molecule has 1 heterocycles. The lowest BCUT2D eigenvalue weighted by atomic mass is 10.1. The zero-order valence-corrected chi connectivity index (χ0v) is 14.3. The fourth-order valence-electron chi connectivity index (χ4n) is 2.95. The maximum atomic E-state index is 13.0. The van der Waals surface area contributed by atoms with Gasteiger partial charge in [-0.2, -0.15) is 0 Å². The van der Waals surface area contributed by atoms with Gasteiger partial charge in [0.25, 0.3) is 0 Å². The molecular weight excluding hydrogens is 321 g/mol. The lowest BCUT2D eigenvalue weighted by molar-refractivity contribution is -0.907. The first-order chi connectivity index (χ1) is 12.1. The van der Waals surface area contributed by atoms with Crippen molar-refractivity contribution in [1.82, 2.24) is 0 Å². The summed E-state index contributed by atoms with van der Waals surface area (Å²) in [6.07, 6.45) is 0. The second-order valence-electron chi connectivity index (χ2n) is 6.06. The summed E-state index contributed by atoms with van der Waals surface area (Å²) >= 11 is 0. The van der Waals surface area contributed by atoms with Crippen LogP contribution in [0.5, 0.6) is 0 Å². The highest BCUT2D eigenvalue weighted by atomic mass is 19.1. The molecule has 1 unspecified atom stereocenters. The van der Waals surface area contributed by atoms with Crippen LogP contribution in [-0.2, 0) is 17.8 Å². The van der Waals surface area contributed by atoms with Crippen molar-refractivity contribution in [2.75, 3.05) is 13.7 Å². The summed E-state index contributed by atoms with van der Waals surface area (Å²) in [7, 11) is 2.03. The summed E-state index contributed by atoms with van der Waals surface area (Å²) in [5.41, 5.74) is 2.55. The van der Waals surface area contributed by atoms with Crippen molar-refractivity contribution in [3.63, 3.8) is 0 Å². The number of quaternary nitrogens is 1. The van der Waals surface area contributed by atoms with Crippen LogP contribution in [0.25, 0.3) is 11.0 Å². The van der Waals surface area contributed by atoms with Crippen molar-refractivity contribution in [2.24, 2.45) is 0 Å². The van der Waals surface area contributed by atoms with Crippen molar-refractivity contribution in [1.29, 1.82) is 0 Å². The third-order valence-electron chi connectivity index (χ3n) is 4.06. The Morgan fingerprint density at radius 1 is 1.12 bits per heavy atom. The van der Waals surface area contributed by atoms with Gasteiger partial charge in [-0.05, 0) is 25.1 Å². The summed E-state index contributed by atoms with van der Waals surface area (Å²) in [5.74, 6) is -0.420. The molecule has 1 atom stereocenters. The predicted molar refractivity (Wildman–Crippen MR) is 92.9 cm³/mol. The number of esters is 1. The molecule has 0 fully saturated rings. The fourth-order valence-corrected chi connectivity index (χ4v) is 2.95. The number of carbonyl (C=O) groups excluding carboxylic acids is 1. The van der Waals surface area contributed by atoms with Crippen molar-refractivity contribution >= 4 is 16.9 Å². The number of ether oxygens (including phenoxy) is 1. The van der Waals surface area contributed by atoms with Crippen molar-refractivity contribution in [3.05, 3.63) is 71.2 Å². The number of para-hydroxylation sites is 1. The Hall–Kier alpha value is -2.66. The molecule has 0 amide bonds. The van der Waals surface area contributed by atoms with E-state index in [-0.39, 0.29) is 11.6 Å². The molecule has 0 aliphatic rings. The van der Waals surface area contributed by atoms with Gasteiger partial charge in [-0.25, -0.2) is 9.18 Å². The first-order valence-electron chi connectivity index (χ1n) is 8.31. The van der Waals surface area contributed by atoms with E-state index in [4.69, 9.17) is 9.15 Å². The predicted octanol–water partition coefficient (Wildman–Crippen LogP) is 2.96. The van der Waals surface area contributed by atoms with Crippen LogP contribution in [0.15, 0.2) is 52.9 Å². The minimum Gasteiger partial charge on any atom is -0.460 e. The van der Waals surface area contributed by atoms with E-state index in [1.54, 1.807) is 19.1 Å². The number of rotatable bonds is 6. The fraction of sp³-hybridized carbons (Fsp3) is 0.250. The van der Waals surface area contributed by atoms with Crippen LogP contribution < -0.4 is 4.90 Å². The normalized spacial score (nSPS) is 12.3. The molecule has 5 heteroatoms. The van der Waals surface area contributed by atoms with Gasteiger partial charge >= 0.3 is 5.97 Å². The molecule has 0 spiro atoms. The Balaban J connectivity index is 1.87. The molecule has 130 valence electrons. The van der Waals surface area contributed by atoms with E-state index in [1.165, 1.54) is 12.1 Å². The van der Waals surface area contributed by atoms with Gasteiger partial charge in [-0.3, -0.25) is 0 Å². The molecule has 0 aliphatic carbocycles. The summed E-state index contributed by atoms with van der Waals surface area (Å²) in [4.78, 5) is 13.4. The Morgan fingerprint density at radius 3 is 2.56 bits per heavy atom. The molecule has 25 heavy (non-hydrogen) atoms. The van der Waals surface area contributed by atoms with E-state index in [0.29, 0.717) is 25.3 Å². The van der Waals surface area contributed by atoms with E-state index in [1.807, 2.05) is 31.3 Å². The van der Waals surface area contributed by atoms with Gasteiger partial charge in [-0.1, -0.05) is 30.3 Å². The van der Waals surface area contributed by atoms with E-state index >= 15 is 0 Å². The standard InChI is InChI=1S/C20H20FNO3/c1-3-24-20(23)19-17(16-6-4-5-7-18(16)25-19)13-22(2)12-14-8-10-15(21)11-9-14/h4-11H,3,12-13H2,1-2H3/p+1. The monoisotopic (exact) mass is 342 g/mol. The second-order valence-corrected chi connectivity index (χ2v) is 6.06. The van der Waals surface area contributed by atoms with Gasteiger partial charge < -0.3 is 14.1 Å². The first kappa shape index (κ1) is 17.2. The summed E-state index contributed by atoms with van der Waals surface area (Å²) in [5, 5.41) is 0.920. The van der Waals surface area contributed by atoms with E-state index < -0.39 is 5.97 Å². The van der Waals surface area contributed by atoms with Gasteiger partial charge in [-0.15, -0.1) is 0 Å². The van der Waals surface area contributed by atoms with Crippen LogP contribution in [0.2, 0.25) is 0 Å². The van der Waals surface area contributed by atoms with Crippen LogP contribution >= 0.6 is 0 Å². The number of hydrogen-bond acceptors (Lipinski definition) is 3. The number of hydrogen-bond donors (Lipinski definition) is 1. The largest absolute Gasteiger partial charge is 0.460 e. The molecule has 0 saturated carbocycles. The van der Waals surface area contributed by atoms with E-state index in [9.17, 15) is 9.18 Å². The molecule has 3 aromatic rings. The molecule has 0 saturated heterocycles. The highest BCUT2D eigenvalue weighted by Gasteiger charge is 2.24. The summed E-state index contributed by atoms with van der Waals surface area (Å²) in [6, 6.07) is 14.1. The third-order valence-corrected chi connectivity index (χ3v) is 4.06. The lowest BCUT2D eigenvalue weighted by Crippen LogP contribution is -3.06. The molecule has 1 N–H and O–H groups in total. The zero-order valence-electron chi connectivity index (χ0n) is 14.3. The molecule has 4 nitrogen and oxygen atoms in total. The number of benzene rings is 2. The van der Waals surface area contributed by atoms with Gasteiger partial charge in [0, 0.05) is 10.9 Å². The van der Waals surface area contributed by atoms with Crippen LogP contribution in [-0.4, -0.2) is 19.6 Å². The number of fused-ring (bicyclic) bond motifs is 1. The van der Waals surface area contributed by atoms with Gasteiger partial charge in [0.1, 0.15) is 24.5 Å². The number of nitrogens with one attached hydrogen (secondary N) is 1. The number of furan rings is 1. The Kier molecular flexibility index (Phi) is 5.14. The maximum Gasteiger partial charge on any atom is 0.374 e. The van der Waals surface area contributed by atoms with Crippen LogP contribution in [0.1, 0.15) is 28.6 Å². The summed E-state index contributed by atoms with van der Waals surface area (Å²) < 4.78 is 23.9. The Labute approximate surface area is 145 Å². The molecule has 0 radical (unpaired) electrons. The van der Waals surface area contributed by atoms with Gasteiger partial charge in [0.15, 0.2) is 0 Å². The lowest BCUT2D eigenvalue weighted by Gasteiger charge is -2.14. The third kappa shape index (κ3) is 3.88. The second kappa shape index (κ2) is 7.49. The molecule has 0 bridgehead atoms. The quantitative estimate of drug-likeness (QED) is 0.701. The molecule has 1 aromatic heterocycles. The van der Waals surface area contributed by atoms with Crippen molar-refractivity contribution in [2.45, 2.75) is 20.0 Å². The van der Waals surface area contributed by atoms with E-state index in [2.05, 4.69) is 0 Å². The van der Waals surface area contributed by atoms with E-state index in [0.717, 1.165) is 21.4 Å². The minimum absolute atomic E-state index is 0.244. The van der Waals surface area contributed by atoms with Crippen LogP contribution in [0.4, 0.5) is 4.39 Å². The maximum absolute atomic E-state index is 13.0. The SMILES string of the molecule is CCOC(=O)c1oc2ccccc2c1C[NH+](C)Cc1ccc(F)cc1. The topological polar surface area (TPSA) is 43.9 Å². The molecule has 3 rings (SSSR count). The summed E-state index contributed by atoms with van der Waals surface area (Å²) in [6.45, 7) is 3.38. The highest BCUT2D eigenvalue weighted by Crippen LogP contribution is 2.26.